The van der Waals surface area contributed by atoms with Gasteiger partial charge in [0.15, 0.2) is 0 Å². The lowest BCUT2D eigenvalue weighted by molar-refractivity contribution is 0.0718. The molecule has 0 aliphatic carbocycles. The highest BCUT2D eigenvalue weighted by Gasteiger charge is 1.98. The molecule has 0 heterocycles. The topological polar surface area (TPSA) is 35.5 Å². The van der Waals surface area contributed by atoms with E-state index in [1.807, 2.05) is 0 Å². The Labute approximate surface area is 82.2 Å². The van der Waals surface area contributed by atoms with Gasteiger partial charge in [0.25, 0.3) is 0 Å². The average Bonchev–Trinajstić information content (AvgIpc) is 2.06. The van der Waals surface area contributed by atoms with Gasteiger partial charge in [-0.25, -0.2) is 4.79 Å². The highest BCUT2D eigenvalue weighted by molar-refractivity contribution is 7.83. The molecule has 0 aliphatic rings. The van der Waals surface area contributed by atoms with Crippen LogP contribution in [0.4, 0.5) is 4.79 Å². The molecular formula is C7H10O3S2. The van der Waals surface area contributed by atoms with Gasteiger partial charge in [-0.15, -0.1) is 0 Å². The molecule has 0 aromatic rings. The number of ether oxygens (including phenoxy) is 2. The lowest BCUT2D eigenvalue weighted by Gasteiger charge is -2.00. The van der Waals surface area contributed by atoms with E-state index in [2.05, 4.69) is 34.7 Å². The molecule has 0 N–H and O–H groups in total. The zero-order valence-electron chi connectivity index (χ0n) is 6.34. The van der Waals surface area contributed by atoms with Crippen LogP contribution in [0.2, 0.25) is 0 Å². The lowest BCUT2D eigenvalue weighted by atomic mass is 10.7. The van der Waals surface area contributed by atoms with E-state index in [-0.39, 0.29) is 13.2 Å². The summed E-state index contributed by atoms with van der Waals surface area (Å²) in [4.78, 5) is 10.6. The van der Waals surface area contributed by atoms with Crippen molar-refractivity contribution in [3.8, 4) is 0 Å². The van der Waals surface area contributed by atoms with Crippen molar-refractivity contribution in [1.29, 1.82) is 0 Å². The van der Waals surface area contributed by atoms with Crippen molar-refractivity contribution >= 4 is 31.4 Å². The van der Waals surface area contributed by atoms with E-state index < -0.39 is 6.16 Å². The fourth-order valence-electron chi connectivity index (χ4n) is 0.360. The molecule has 0 aromatic heterocycles. The summed E-state index contributed by atoms with van der Waals surface area (Å²) in [5.41, 5.74) is 0. The third-order valence-corrected chi connectivity index (χ3v) is 1.23. The summed E-state index contributed by atoms with van der Waals surface area (Å²) in [6.45, 7) is 0.347. The number of thiol groups is 2. The molecular weight excluding hydrogens is 196 g/mol. The molecule has 3 nitrogen and oxygen atoms in total. The summed E-state index contributed by atoms with van der Waals surface area (Å²) in [5.74, 6) is 0. The molecule has 0 unspecified atom stereocenters. The summed E-state index contributed by atoms with van der Waals surface area (Å²) in [5, 5.41) is 2.97. The van der Waals surface area contributed by atoms with Crippen LogP contribution in [0.3, 0.4) is 0 Å². The van der Waals surface area contributed by atoms with Crippen LogP contribution in [0.15, 0.2) is 23.0 Å². The van der Waals surface area contributed by atoms with Gasteiger partial charge < -0.3 is 9.47 Å². The summed E-state index contributed by atoms with van der Waals surface area (Å²) in [6.07, 6.45) is 2.46. The number of carbonyl (C=O) groups excluding carboxylic acids is 1. The molecule has 0 rings (SSSR count). The molecule has 0 spiro atoms. The van der Waals surface area contributed by atoms with Crippen LogP contribution in [0.1, 0.15) is 0 Å². The Kier molecular flexibility index (Phi) is 8.15. The Bertz CT molecular complexity index is 159. The second-order valence-corrected chi connectivity index (χ2v) is 2.24. The van der Waals surface area contributed by atoms with Gasteiger partial charge in [0.1, 0.15) is 13.2 Å². The van der Waals surface area contributed by atoms with Crippen molar-refractivity contribution in [2.24, 2.45) is 0 Å². The van der Waals surface area contributed by atoms with E-state index in [0.29, 0.717) is 0 Å². The van der Waals surface area contributed by atoms with E-state index >= 15 is 0 Å². The molecule has 0 aromatic carbocycles. The molecule has 0 saturated heterocycles. The first-order chi connectivity index (χ1) is 5.81. The van der Waals surface area contributed by atoms with Crippen molar-refractivity contribution in [3.05, 3.63) is 23.0 Å². The average molecular weight is 206 g/mol. The highest BCUT2D eigenvalue weighted by Crippen LogP contribution is 1.88. The van der Waals surface area contributed by atoms with Crippen LogP contribution >= 0.6 is 25.3 Å². The van der Waals surface area contributed by atoms with Gasteiger partial charge in [-0.3, -0.25) is 0 Å². The Morgan fingerprint density at radius 2 is 1.50 bits per heavy atom. The van der Waals surface area contributed by atoms with Crippen molar-refractivity contribution in [2.45, 2.75) is 0 Å². The first kappa shape index (κ1) is 11.4. The zero-order chi connectivity index (χ0) is 9.23. The van der Waals surface area contributed by atoms with Crippen molar-refractivity contribution in [2.75, 3.05) is 13.2 Å². The monoisotopic (exact) mass is 206 g/mol. The standard InChI is InChI=1S/C7H10O3S2/c8-7(9-3-1-5-11)10-4-2-6-12/h1-2,5-6,11-12H,3-4H2. The van der Waals surface area contributed by atoms with E-state index in [4.69, 9.17) is 0 Å². The minimum atomic E-state index is -0.701. The Morgan fingerprint density at radius 1 is 1.08 bits per heavy atom. The fraction of sp³-hybridized carbons (Fsp3) is 0.286. The normalized spacial score (nSPS) is 10.8. The minimum absolute atomic E-state index is 0.174. The molecule has 12 heavy (non-hydrogen) atoms. The predicted molar refractivity (Wildman–Crippen MR) is 53.6 cm³/mol. The fourth-order valence-corrected chi connectivity index (χ4v) is 0.532. The third-order valence-electron chi connectivity index (χ3n) is 0.806. The van der Waals surface area contributed by atoms with Gasteiger partial charge in [-0.1, -0.05) is 0 Å². The van der Waals surface area contributed by atoms with Crippen molar-refractivity contribution < 1.29 is 14.3 Å². The van der Waals surface area contributed by atoms with Crippen LogP contribution in [-0.4, -0.2) is 19.4 Å². The van der Waals surface area contributed by atoms with Gasteiger partial charge in [0, 0.05) is 0 Å². The first-order valence-corrected chi connectivity index (χ1v) is 4.22. The molecule has 0 saturated carbocycles. The van der Waals surface area contributed by atoms with Gasteiger partial charge in [0.05, 0.1) is 0 Å². The molecule has 0 bridgehead atoms. The van der Waals surface area contributed by atoms with E-state index in [0.717, 1.165) is 0 Å². The summed E-state index contributed by atoms with van der Waals surface area (Å²) in [7, 11) is 0. The summed E-state index contributed by atoms with van der Waals surface area (Å²) < 4.78 is 9.15. The van der Waals surface area contributed by atoms with Crippen LogP contribution in [0.5, 0.6) is 0 Å². The van der Waals surface area contributed by atoms with Crippen molar-refractivity contribution in [1.82, 2.24) is 0 Å². The maximum Gasteiger partial charge on any atom is 0.508 e. The van der Waals surface area contributed by atoms with Gasteiger partial charge in [-0.05, 0) is 23.0 Å². The zero-order valence-corrected chi connectivity index (χ0v) is 8.13. The van der Waals surface area contributed by atoms with Crippen LogP contribution in [0, 0.1) is 0 Å². The maximum atomic E-state index is 10.6. The van der Waals surface area contributed by atoms with Crippen LogP contribution < -0.4 is 0 Å². The molecule has 0 atom stereocenters. The molecule has 5 heteroatoms. The number of hydrogen-bond acceptors (Lipinski definition) is 5. The first-order valence-electron chi connectivity index (χ1n) is 3.19. The van der Waals surface area contributed by atoms with Gasteiger partial charge in [-0.2, -0.15) is 25.3 Å². The largest absolute Gasteiger partial charge is 0.508 e. The third kappa shape index (κ3) is 7.56. The van der Waals surface area contributed by atoms with Gasteiger partial charge >= 0.3 is 6.16 Å². The molecule has 0 amide bonds. The molecule has 68 valence electrons. The van der Waals surface area contributed by atoms with E-state index in [1.54, 1.807) is 12.2 Å². The Hall–Kier alpha value is -0.550. The van der Waals surface area contributed by atoms with Crippen LogP contribution in [-0.2, 0) is 9.47 Å². The van der Waals surface area contributed by atoms with Gasteiger partial charge in [0.2, 0.25) is 0 Å². The summed E-state index contributed by atoms with van der Waals surface area (Å²) in [6, 6.07) is 0. The van der Waals surface area contributed by atoms with E-state index in [9.17, 15) is 4.79 Å². The number of rotatable bonds is 4. The Balaban J connectivity index is 3.33. The quantitative estimate of drug-likeness (QED) is 0.545. The number of carbonyl (C=O) groups is 1. The molecule has 0 radical (unpaired) electrons. The van der Waals surface area contributed by atoms with E-state index in [1.165, 1.54) is 10.8 Å². The lowest BCUT2D eigenvalue weighted by Crippen LogP contribution is -2.06. The molecule has 0 aliphatic heterocycles. The predicted octanol–water partition coefficient (Wildman–Crippen LogP) is 2.03. The summed E-state index contributed by atoms with van der Waals surface area (Å²) >= 11 is 7.55. The maximum absolute atomic E-state index is 10.6. The van der Waals surface area contributed by atoms with Crippen molar-refractivity contribution in [3.63, 3.8) is 0 Å². The smallest absolute Gasteiger partial charge is 0.430 e. The van der Waals surface area contributed by atoms with Crippen LogP contribution in [0.25, 0.3) is 0 Å². The Morgan fingerprint density at radius 3 is 1.83 bits per heavy atom. The molecule has 0 fully saturated rings. The number of hydrogen-bond donors (Lipinski definition) is 2. The second-order valence-electron chi connectivity index (χ2n) is 1.64. The second kappa shape index (κ2) is 8.55. The minimum Gasteiger partial charge on any atom is -0.430 e. The highest BCUT2D eigenvalue weighted by atomic mass is 32.1. The SMILES string of the molecule is O=C(OCC=CS)OCC=CS.